The molecule has 2 rings (SSSR count). The van der Waals surface area contributed by atoms with Gasteiger partial charge in [-0.1, -0.05) is 12.1 Å². The summed E-state index contributed by atoms with van der Waals surface area (Å²) in [5.41, 5.74) is 7.20. The summed E-state index contributed by atoms with van der Waals surface area (Å²) in [6.45, 7) is 1.97. The number of aryl methyl sites for hydroxylation is 1. The van der Waals surface area contributed by atoms with Crippen molar-refractivity contribution in [3.8, 4) is 0 Å². The predicted molar refractivity (Wildman–Crippen MR) is 57.9 cm³/mol. The van der Waals surface area contributed by atoms with Crippen LogP contribution in [-0.4, -0.2) is 11.1 Å². The van der Waals surface area contributed by atoms with E-state index in [9.17, 15) is 4.79 Å². The van der Waals surface area contributed by atoms with Gasteiger partial charge in [0.15, 0.2) is 0 Å². The lowest BCUT2D eigenvalue weighted by molar-refractivity contribution is 0.0703. The fourth-order valence-electron chi connectivity index (χ4n) is 1.38. The molecule has 4 heteroatoms. The molecule has 0 spiro atoms. The number of hydrogen-bond donors (Lipinski definition) is 2. The highest BCUT2D eigenvalue weighted by Gasteiger charge is 2.14. The van der Waals surface area contributed by atoms with Gasteiger partial charge in [-0.15, -0.1) is 11.3 Å². The molecule has 0 saturated heterocycles. The molecule has 0 aliphatic carbocycles. The largest absolute Gasteiger partial charge is 0.477 e. The van der Waals surface area contributed by atoms with Gasteiger partial charge in [0.05, 0.1) is 5.69 Å². The zero-order valence-electron chi connectivity index (χ0n) is 7.57. The maximum Gasteiger partial charge on any atom is 0.348 e. The molecule has 0 aliphatic rings. The number of fused-ring (bicyclic) bond motifs is 1. The second-order valence-corrected chi connectivity index (χ2v) is 4.20. The van der Waals surface area contributed by atoms with E-state index in [2.05, 4.69) is 0 Å². The van der Waals surface area contributed by atoms with Crippen LogP contribution in [0.25, 0.3) is 10.1 Å². The summed E-state index contributed by atoms with van der Waals surface area (Å²) in [6.07, 6.45) is 0. The Bertz CT molecular complexity index is 516. The second kappa shape index (κ2) is 2.99. The summed E-state index contributed by atoms with van der Waals surface area (Å²) in [5, 5.41) is 9.70. The third-order valence-electron chi connectivity index (χ3n) is 2.08. The number of rotatable bonds is 1. The molecule has 0 unspecified atom stereocenters. The van der Waals surface area contributed by atoms with Crippen LogP contribution in [0.4, 0.5) is 5.69 Å². The molecular formula is C10H9NO2S. The number of carboxylic acids is 1. The first-order valence-electron chi connectivity index (χ1n) is 4.11. The van der Waals surface area contributed by atoms with Gasteiger partial charge in [-0.25, -0.2) is 4.79 Å². The zero-order chi connectivity index (χ0) is 10.3. The lowest BCUT2D eigenvalue weighted by Gasteiger charge is -1.93. The first-order chi connectivity index (χ1) is 6.59. The molecule has 14 heavy (non-hydrogen) atoms. The Morgan fingerprint density at radius 1 is 1.50 bits per heavy atom. The van der Waals surface area contributed by atoms with Gasteiger partial charge in [-0.2, -0.15) is 0 Å². The topological polar surface area (TPSA) is 63.3 Å². The van der Waals surface area contributed by atoms with E-state index in [4.69, 9.17) is 10.8 Å². The fourth-order valence-corrected chi connectivity index (χ4v) is 2.44. The molecular weight excluding hydrogens is 198 g/mol. The summed E-state index contributed by atoms with van der Waals surface area (Å²) in [4.78, 5) is 11.0. The molecule has 3 N–H and O–H groups in total. The van der Waals surface area contributed by atoms with E-state index < -0.39 is 5.97 Å². The average Bonchev–Trinajstić information content (AvgIpc) is 2.43. The minimum atomic E-state index is -0.957. The third-order valence-corrected chi connectivity index (χ3v) is 3.23. The highest BCUT2D eigenvalue weighted by molar-refractivity contribution is 7.21. The average molecular weight is 207 g/mol. The summed E-state index contributed by atoms with van der Waals surface area (Å²) >= 11 is 1.22. The van der Waals surface area contributed by atoms with Gasteiger partial charge in [0, 0.05) is 10.1 Å². The summed E-state index contributed by atoms with van der Waals surface area (Å²) in [7, 11) is 0. The van der Waals surface area contributed by atoms with Crippen molar-refractivity contribution in [3.63, 3.8) is 0 Å². The van der Waals surface area contributed by atoms with E-state index >= 15 is 0 Å². The molecule has 0 bridgehead atoms. The van der Waals surface area contributed by atoms with Crippen molar-refractivity contribution in [2.75, 3.05) is 5.73 Å². The first kappa shape index (κ1) is 9.02. The molecule has 1 aromatic carbocycles. The Kier molecular flexibility index (Phi) is 1.93. The van der Waals surface area contributed by atoms with E-state index in [1.807, 2.05) is 25.1 Å². The van der Waals surface area contributed by atoms with Crippen LogP contribution in [0.5, 0.6) is 0 Å². The number of nitrogen functional groups attached to an aromatic ring is 1. The van der Waals surface area contributed by atoms with Crippen molar-refractivity contribution in [3.05, 3.63) is 28.6 Å². The van der Waals surface area contributed by atoms with Gasteiger partial charge < -0.3 is 10.8 Å². The smallest absolute Gasteiger partial charge is 0.348 e. The van der Waals surface area contributed by atoms with Crippen LogP contribution in [0.2, 0.25) is 0 Å². The molecule has 0 saturated carbocycles. The van der Waals surface area contributed by atoms with Crippen LogP contribution in [-0.2, 0) is 0 Å². The van der Waals surface area contributed by atoms with Crippen molar-refractivity contribution in [2.24, 2.45) is 0 Å². The standard InChI is InChI=1S/C10H9NO2S/c1-5-2-3-6-7(4-5)14-9(8(6)11)10(12)13/h2-4H,11H2,1H3,(H,12,13). The molecule has 0 atom stereocenters. The van der Waals surface area contributed by atoms with Gasteiger partial charge in [0.25, 0.3) is 0 Å². The summed E-state index contributed by atoms with van der Waals surface area (Å²) < 4.78 is 0.930. The molecule has 1 aromatic heterocycles. The highest BCUT2D eigenvalue weighted by atomic mass is 32.1. The molecule has 0 radical (unpaired) electrons. The van der Waals surface area contributed by atoms with Crippen LogP contribution in [0, 0.1) is 6.92 Å². The van der Waals surface area contributed by atoms with Crippen LogP contribution in [0.3, 0.4) is 0 Å². The van der Waals surface area contributed by atoms with E-state index in [1.54, 1.807) is 0 Å². The molecule has 0 amide bonds. The predicted octanol–water partition coefficient (Wildman–Crippen LogP) is 2.49. The Labute approximate surface area is 84.8 Å². The van der Waals surface area contributed by atoms with Crippen molar-refractivity contribution < 1.29 is 9.90 Å². The summed E-state index contributed by atoms with van der Waals surface area (Å²) in [6, 6.07) is 5.74. The normalized spacial score (nSPS) is 10.6. The number of anilines is 1. The maximum atomic E-state index is 10.8. The van der Waals surface area contributed by atoms with E-state index in [0.29, 0.717) is 5.69 Å². The van der Waals surface area contributed by atoms with E-state index in [0.717, 1.165) is 15.6 Å². The Morgan fingerprint density at radius 2 is 2.21 bits per heavy atom. The number of thiophene rings is 1. The van der Waals surface area contributed by atoms with Crippen LogP contribution in [0.1, 0.15) is 15.2 Å². The van der Waals surface area contributed by atoms with Crippen molar-refractivity contribution >= 4 is 33.1 Å². The summed E-state index contributed by atoms with van der Waals surface area (Å²) in [5.74, 6) is -0.957. The number of carboxylic acid groups (broad SMARTS) is 1. The molecule has 2 aromatic rings. The van der Waals surface area contributed by atoms with Crippen molar-refractivity contribution in [2.45, 2.75) is 6.92 Å². The lowest BCUT2D eigenvalue weighted by Crippen LogP contribution is -1.96. The van der Waals surface area contributed by atoms with Gasteiger partial charge in [-0.3, -0.25) is 0 Å². The van der Waals surface area contributed by atoms with Gasteiger partial charge in [0.1, 0.15) is 4.88 Å². The molecule has 1 heterocycles. The SMILES string of the molecule is Cc1ccc2c(N)c(C(=O)O)sc2c1. The van der Waals surface area contributed by atoms with Gasteiger partial charge >= 0.3 is 5.97 Å². The zero-order valence-corrected chi connectivity index (χ0v) is 8.39. The van der Waals surface area contributed by atoms with E-state index in [-0.39, 0.29) is 4.88 Å². The third kappa shape index (κ3) is 1.24. The Hall–Kier alpha value is -1.55. The highest BCUT2D eigenvalue weighted by Crippen LogP contribution is 2.33. The van der Waals surface area contributed by atoms with Crippen LogP contribution >= 0.6 is 11.3 Å². The number of benzene rings is 1. The Balaban J connectivity index is 2.79. The van der Waals surface area contributed by atoms with Crippen molar-refractivity contribution in [1.82, 2.24) is 0 Å². The monoisotopic (exact) mass is 207 g/mol. The number of nitrogens with two attached hydrogens (primary N) is 1. The van der Waals surface area contributed by atoms with Gasteiger partial charge in [-0.05, 0) is 18.6 Å². The number of carbonyl (C=O) groups is 1. The van der Waals surface area contributed by atoms with Gasteiger partial charge in [0.2, 0.25) is 0 Å². The number of hydrogen-bond acceptors (Lipinski definition) is 3. The van der Waals surface area contributed by atoms with Crippen LogP contribution in [0.15, 0.2) is 18.2 Å². The first-order valence-corrected chi connectivity index (χ1v) is 4.93. The minimum absolute atomic E-state index is 0.227. The fraction of sp³-hybridized carbons (Fsp3) is 0.100. The molecule has 3 nitrogen and oxygen atoms in total. The quantitative estimate of drug-likeness (QED) is 0.755. The number of aromatic carboxylic acids is 1. The van der Waals surface area contributed by atoms with Crippen molar-refractivity contribution in [1.29, 1.82) is 0 Å². The molecule has 0 aliphatic heterocycles. The maximum absolute atomic E-state index is 10.8. The second-order valence-electron chi connectivity index (χ2n) is 3.15. The minimum Gasteiger partial charge on any atom is -0.477 e. The molecule has 0 fully saturated rings. The molecule has 72 valence electrons. The van der Waals surface area contributed by atoms with E-state index in [1.165, 1.54) is 11.3 Å². The Morgan fingerprint density at radius 3 is 2.86 bits per heavy atom. The van der Waals surface area contributed by atoms with Crippen LogP contribution < -0.4 is 5.73 Å². The lowest BCUT2D eigenvalue weighted by atomic mass is 10.2.